The Morgan fingerprint density at radius 1 is 1.32 bits per heavy atom. The Bertz CT molecular complexity index is 749. The first-order valence-corrected chi connectivity index (χ1v) is 9.50. The second-order valence-electron chi connectivity index (χ2n) is 5.59. The maximum Gasteiger partial charge on any atom is 0.511 e. The van der Waals surface area contributed by atoms with E-state index in [1.54, 1.807) is 6.07 Å². The van der Waals surface area contributed by atoms with Crippen LogP contribution in [-0.2, 0) is 10.0 Å². The minimum atomic E-state index is -5.30. The lowest BCUT2D eigenvalue weighted by Gasteiger charge is -2.31. The van der Waals surface area contributed by atoms with Crippen LogP contribution in [0.3, 0.4) is 0 Å². The average Bonchev–Trinajstić information content (AvgIpc) is 2.52. The molecule has 0 spiro atoms. The topological polar surface area (TPSA) is 92.6 Å². The second kappa shape index (κ2) is 7.46. The van der Waals surface area contributed by atoms with E-state index >= 15 is 0 Å². The molecule has 1 fully saturated rings. The molecule has 1 heterocycles. The Morgan fingerprint density at radius 3 is 2.44 bits per heavy atom. The Kier molecular flexibility index (Phi) is 5.94. The molecule has 0 saturated carbocycles. The van der Waals surface area contributed by atoms with Gasteiger partial charge in [0.2, 0.25) is 0 Å². The maximum absolute atomic E-state index is 12.5. The number of sulfonamides is 1. The first-order valence-electron chi connectivity index (χ1n) is 7.26. The fourth-order valence-electron chi connectivity index (χ4n) is 2.56. The van der Waals surface area contributed by atoms with Crippen LogP contribution < -0.4 is 5.32 Å². The van der Waals surface area contributed by atoms with E-state index in [9.17, 15) is 31.7 Å². The molecule has 12 heteroatoms. The van der Waals surface area contributed by atoms with Gasteiger partial charge in [-0.1, -0.05) is 15.9 Å². The zero-order chi connectivity index (χ0) is 18.8. The van der Waals surface area contributed by atoms with Crippen molar-refractivity contribution >= 4 is 37.3 Å². The first-order chi connectivity index (χ1) is 11.5. The van der Waals surface area contributed by atoms with Gasteiger partial charge in [0.1, 0.15) is 5.69 Å². The predicted molar refractivity (Wildman–Crippen MR) is 88.6 cm³/mol. The van der Waals surface area contributed by atoms with Gasteiger partial charge in [-0.05, 0) is 30.9 Å². The number of piperidine rings is 1. The molecule has 7 nitrogen and oxygen atoms in total. The third-order valence-electron chi connectivity index (χ3n) is 3.94. The molecule has 25 heavy (non-hydrogen) atoms. The van der Waals surface area contributed by atoms with Crippen LogP contribution in [-0.4, -0.2) is 42.8 Å². The fraction of sp³-hybridized carbons (Fsp3) is 0.538. The van der Waals surface area contributed by atoms with Gasteiger partial charge in [0.05, 0.1) is 4.92 Å². The number of nitrogens with zero attached hydrogens (tertiary/aromatic N) is 2. The summed E-state index contributed by atoms with van der Waals surface area (Å²) in [6.07, 6.45) is 0.480. The number of alkyl halides is 3. The van der Waals surface area contributed by atoms with Crippen LogP contribution in [0.15, 0.2) is 22.7 Å². The van der Waals surface area contributed by atoms with E-state index in [1.807, 2.05) is 0 Å². The van der Waals surface area contributed by atoms with Crippen molar-refractivity contribution in [3.8, 4) is 0 Å². The number of halogens is 4. The summed E-state index contributed by atoms with van der Waals surface area (Å²) in [4.78, 5) is 10.5. The molecule has 1 aromatic carbocycles. The Morgan fingerprint density at radius 2 is 1.92 bits per heavy atom. The van der Waals surface area contributed by atoms with Gasteiger partial charge in [-0.2, -0.15) is 17.5 Å². The maximum atomic E-state index is 12.5. The van der Waals surface area contributed by atoms with Gasteiger partial charge < -0.3 is 5.32 Å². The van der Waals surface area contributed by atoms with Crippen molar-refractivity contribution in [1.29, 1.82) is 0 Å². The minimum Gasteiger partial charge on any atom is -0.379 e. The summed E-state index contributed by atoms with van der Waals surface area (Å²) in [5, 5.41) is 13.9. The molecule has 0 amide bonds. The van der Waals surface area contributed by atoms with Gasteiger partial charge in [-0.25, -0.2) is 8.42 Å². The van der Waals surface area contributed by atoms with Crippen molar-refractivity contribution in [2.75, 3.05) is 25.0 Å². The van der Waals surface area contributed by atoms with Crippen LogP contribution in [0.4, 0.5) is 24.5 Å². The molecule has 0 radical (unpaired) electrons. The average molecular weight is 446 g/mol. The van der Waals surface area contributed by atoms with Gasteiger partial charge >= 0.3 is 15.5 Å². The smallest absolute Gasteiger partial charge is 0.379 e. The van der Waals surface area contributed by atoms with Crippen molar-refractivity contribution in [3.05, 3.63) is 32.8 Å². The highest BCUT2D eigenvalue weighted by Gasteiger charge is 2.50. The van der Waals surface area contributed by atoms with Gasteiger partial charge in [0, 0.05) is 30.2 Å². The molecular weight excluding hydrogens is 431 g/mol. The summed E-state index contributed by atoms with van der Waals surface area (Å²) >= 11 is 3.22. The Balaban J connectivity index is 1.96. The highest BCUT2D eigenvalue weighted by Crippen LogP contribution is 2.31. The van der Waals surface area contributed by atoms with Crippen molar-refractivity contribution in [1.82, 2.24) is 4.31 Å². The third-order valence-corrected chi connectivity index (χ3v) is 6.07. The SMILES string of the molecule is O=[N+]([O-])c1ccc(Br)cc1NCC1CCN(S(=O)(=O)C(F)(F)F)CC1. The van der Waals surface area contributed by atoms with Gasteiger partial charge in [0.25, 0.3) is 5.69 Å². The van der Waals surface area contributed by atoms with E-state index in [0.29, 0.717) is 21.0 Å². The summed E-state index contributed by atoms with van der Waals surface area (Å²) in [5.74, 6) is -0.0849. The van der Waals surface area contributed by atoms with Crippen LogP contribution in [0.2, 0.25) is 0 Å². The summed E-state index contributed by atoms with van der Waals surface area (Å²) in [5.41, 5.74) is -5.11. The van der Waals surface area contributed by atoms with Crippen molar-refractivity contribution in [3.63, 3.8) is 0 Å². The van der Waals surface area contributed by atoms with Gasteiger partial charge in [0.15, 0.2) is 0 Å². The number of rotatable bonds is 5. The molecule has 2 rings (SSSR count). The van der Waals surface area contributed by atoms with Crippen LogP contribution in [0.5, 0.6) is 0 Å². The van der Waals surface area contributed by atoms with E-state index in [2.05, 4.69) is 21.2 Å². The molecular formula is C13H15BrF3N3O4S. The Labute approximate surface area is 150 Å². The second-order valence-corrected chi connectivity index (χ2v) is 8.44. The number of benzene rings is 1. The third kappa shape index (κ3) is 4.61. The monoisotopic (exact) mass is 445 g/mol. The summed E-state index contributed by atoms with van der Waals surface area (Å²) in [6.45, 7) is -0.152. The van der Waals surface area contributed by atoms with E-state index in [4.69, 9.17) is 0 Å². The molecule has 1 saturated heterocycles. The van der Waals surface area contributed by atoms with Gasteiger partial charge in [-0.15, -0.1) is 0 Å². The number of nitrogens with one attached hydrogen (secondary N) is 1. The summed E-state index contributed by atoms with van der Waals surface area (Å²) < 4.78 is 61.4. The lowest BCUT2D eigenvalue weighted by Crippen LogP contribution is -2.45. The molecule has 1 aliphatic rings. The van der Waals surface area contributed by atoms with Crippen molar-refractivity contribution in [2.24, 2.45) is 5.92 Å². The molecule has 0 unspecified atom stereocenters. The van der Waals surface area contributed by atoms with E-state index in [0.717, 1.165) is 0 Å². The number of hydrogen-bond acceptors (Lipinski definition) is 5. The molecule has 140 valence electrons. The molecule has 0 aliphatic carbocycles. The summed E-state index contributed by atoms with van der Waals surface area (Å²) in [7, 11) is -5.30. The molecule has 0 atom stereocenters. The number of anilines is 1. The minimum absolute atomic E-state index is 0.0849. The largest absolute Gasteiger partial charge is 0.511 e. The summed E-state index contributed by atoms with van der Waals surface area (Å²) in [6, 6.07) is 4.41. The lowest BCUT2D eigenvalue weighted by atomic mass is 9.98. The molecule has 1 aliphatic heterocycles. The van der Waals surface area contributed by atoms with Crippen molar-refractivity contribution in [2.45, 2.75) is 18.3 Å². The fourth-order valence-corrected chi connectivity index (χ4v) is 3.91. The number of hydrogen-bond donors (Lipinski definition) is 1. The van der Waals surface area contributed by atoms with E-state index < -0.39 is 20.5 Å². The quantitative estimate of drug-likeness (QED) is 0.554. The van der Waals surface area contributed by atoms with Crippen LogP contribution >= 0.6 is 15.9 Å². The first kappa shape index (κ1) is 19.9. The standard InChI is InChI=1S/C13H15BrF3N3O4S/c14-10-1-2-12(20(21)22)11(7-10)18-8-9-3-5-19(6-4-9)25(23,24)13(15,16)17/h1-2,7,9,18H,3-6,8H2. The predicted octanol–water partition coefficient (Wildman–Crippen LogP) is 3.33. The zero-order valence-corrected chi connectivity index (χ0v) is 15.2. The lowest BCUT2D eigenvalue weighted by molar-refractivity contribution is -0.384. The Hall–Kier alpha value is -1.40. The highest BCUT2D eigenvalue weighted by atomic mass is 79.9. The van der Waals surface area contributed by atoms with Crippen molar-refractivity contribution < 1.29 is 26.5 Å². The zero-order valence-electron chi connectivity index (χ0n) is 12.8. The van der Waals surface area contributed by atoms with Gasteiger partial charge in [-0.3, -0.25) is 10.1 Å². The normalized spacial score (nSPS) is 17.4. The van der Waals surface area contributed by atoms with Crippen LogP contribution in [0.25, 0.3) is 0 Å². The molecule has 1 N–H and O–H groups in total. The number of nitro benzene ring substituents is 1. The number of nitro groups is 1. The van der Waals surface area contributed by atoms with Crippen LogP contribution in [0.1, 0.15) is 12.8 Å². The highest BCUT2D eigenvalue weighted by molar-refractivity contribution is 9.10. The molecule has 0 aromatic heterocycles. The van der Waals surface area contributed by atoms with Crippen LogP contribution in [0, 0.1) is 16.0 Å². The van der Waals surface area contributed by atoms with E-state index in [1.165, 1.54) is 12.1 Å². The van der Waals surface area contributed by atoms with E-state index in [-0.39, 0.29) is 37.5 Å². The molecule has 0 bridgehead atoms. The molecule has 1 aromatic rings.